The molecular weight excluding hydrogens is 248 g/mol. The van der Waals surface area contributed by atoms with E-state index in [-0.39, 0.29) is 0 Å². The van der Waals surface area contributed by atoms with Gasteiger partial charge in [0.15, 0.2) is 0 Å². The molecule has 18 heavy (non-hydrogen) atoms. The summed E-state index contributed by atoms with van der Waals surface area (Å²) in [5.41, 5.74) is 3.84. The Hall–Kier alpha value is -1.75. The van der Waals surface area contributed by atoms with Gasteiger partial charge < -0.3 is 14.8 Å². The highest BCUT2D eigenvalue weighted by atomic mass is 32.1. The van der Waals surface area contributed by atoms with E-state index < -0.39 is 0 Å². The Bertz CT molecular complexity index is 525. The predicted octanol–water partition coefficient (Wildman–Crippen LogP) is 3.08. The third kappa shape index (κ3) is 2.73. The van der Waals surface area contributed by atoms with Crippen LogP contribution in [-0.2, 0) is 6.54 Å². The first-order chi connectivity index (χ1) is 8.74. The topological polar surface area (TPSA) is 43.4 Å². The van der Waals surface area contributed by atoms with Crippen molar-refractivity contribution >= 4 is 17.0 Å². The molecule has 0 saturated carbocycles. The molecule has 0 aliphatic heterocycles. The molecule has 5 heteroatoms. The minimum Gasteiger partial charge on any atom is -0.497 e. The Morgan fingerprint density at radius 2 is 2.11 bits per heavy atom. The van der Waals surface area contributed by atoms with Crippen molar-refractivity contribution in [2.45, 2.75) is 13.5 Å². The lowest BCUT2D eigenvalue weighted by molar-refractivity contribution is 0.404. The third-order valence-corrected chi connectivity index (χ3v) is 3.63. The Kier molecular flexibility index (Phi) is 4.04. The normalized spacial score (nSPS) is 10.2. The molecule has 0 radical (unpaired) electrons. The number of benzene rings is 1. The highest BCUT2D eigenvalue weighted by Gasteiger charge is 2.06. The first-order valence-corrected chi connectivity index (χ1v) is 6.47. The third-order valence-electron chi connectivity index (χ3n) is 2.69. The molecule has 2 rings (SSSR count). The van der Waals surface area contributed by atoms with Gasteiger partial charge in [-0.2, -0.15) is 0 Å². The van der Waals surface area contributed by atoms with Crippen molar-refractivity contribution < 1.29 is 9.47 Å². The molecule has 4 nitrogen and oxygen atoms in total. The van der Waals surface area contributed by atoms with Gasteiger partial charge >= 0.3 is 0 Å². The van der Waals surface area contributed by atoms with Gasteiger partial charge in [-0.15, -0.1) is 11.3 Å². The lowest BCUT2D eigenvalue weighted by Crippen LogP contribution is -2.01. The highest BCUT2D eigenvalue weighted by Crippen LogP contribution is 2.29. The first-order valence-electron chi connectivity index (χ1n) is 5.59. The summed E-state index contributed by atoms with van der Waals surface area (Å²) >= 11 is 1.65. The zero-order valence-electron chi connectivity index (χ0n) is 10.7. The predicted molar refractivity (Wildman–Crippen MR) is 73.7 cm³/mol. The summed E-state index contributed by atoms with van der Waals surface area (Å²) in [5.74, 6) is 1.61. The Morgan fingerprint density at radius 1 is 1.28 bits per heavy atom. The molecule has 1 heterocycles. The molecule has 2 aromatic rings. The first kappa shape index (κ1) is 12.7. The van der Waals surface area contributed by atoms with Crippen molar-refractivity contribution in [2.75, 3.05) is 19.5 Å². The van der Waals surface area contributed by atoms with E-state index in [0.29, 0.717) is 0 Å². The molecule has 0 fully saturated rings. The largest absolute Gasteiger partial charge is 0.497 e. The van der Waals surface area contributed by atoms with E-state index in [1.807, 2.05) is 30.6 Å². The summed E-state index contributed by atoms with van der Waals surface area (Å²) in [6.07, 6.45) is 0. The van der Waals surface area contributed by atoms with Gasteiger partial charge in [-0.25, -0.2) is 4.98 Å². The van der Waals surface area contributed by atoms with Crippen LogP contribution in [0.5, 0.6) is 11.5 Å². The molecule has 0 unspecified atom stereocenters. The Balaban J connectivity index is 2.14. The van der Waals surface area contributed by atoms with Crippen molar-refractivity contribution in [1.29, 1.82) is 0 Å². The maximum atomic E-state index is 5.31. The number of ether oxygens (including phenoxy) is 2. The van der Waals surface area contributed by atoms with Gasteiger partial charge in [-0.1, -0.05) is 0 Å². The van der Waals surface area contributed by atoms with E-state index in [9.17, 15) is 0 Å². The summed E-state index contributed by atoms with van der Waals surface area (Å²) in [6, 6.07) is 5.69. The summed E-state index contributed by atoms with van der Waals surface area (Å²) < 4.78 is 10.5. The fraction of sp³-hybridized carbons (Fsp3) is 0.308. The highest BCUT2D eigenvalue weighted by molar-refractivity contribution is 7.09. The second-order valence-corrected chi connectivity index (χ2v) is 4.72. The maximum Gasteiger partial charge on any atom is 0.142 e. The van der Waals surface area contributed by atoms with Crippen molar-refractivity contribution in [3.05, 3.63) is 34.3 Å². The molecule has 0 amide bonds. The SMILES string of the molecule is COc1ccc(OC)c(NCc2scnc2C)c1. The molecule has 0 spiro atoms. The van der Waals surface area contributed by atoms with Crippen LogP contribution in [0.25, 0.3) is 0 Å². The molecule has 1 aromatic heterocycles. The van der Waals surface area contributed by atoms with Crippen LogP contribution in [-0.4, -0.2) is 19.2 Å². The molecule has 96 valence electrons. The molecule has 0 aliphatic carbocycles. The minimum absolute atomic E-state index is 0.736. The summed E-state index contributed by atoms with van der Waals surface area (Å²) in [7, 11) is 3.31. The zero-order valence-corrected chi connectivity index (χ0v) is 11.5. The minimum atomic E-state index is 0.736. The van der Waals surface area contributed by atoms with Crippen LogP contribution >= 0.6 is 11.3 Å². The van der Waals surface area contributed by atoms with Crippen LogP contribution in [0.4, 0.5) is 5.69 Å². The lowest BCUT2D eigenvalue weighted by Gasteiger charge is -2.12. The van der Waals surface area contributed by atoms with Crippen LogP contribution in [0.2, 0.25) is 0 Å². The number of rotatable bonds is 5. The van der Waals surface area contributed by atoms with Crippen molar-refractivity contribution in [1.82, 2.24) is 4.98 Å². The number of hydrogen-bond acceptors (Lipinski definition) is 5. The standard InChI is InChI=1S/C13H16N2O2S/c1-9-13(18-8-15-9)7-14-11-6-10(16-2)4-5-12(11)17-3/h4-6,8,14H,7H2,1-3H3. The Labute approximate surface area is 111 Å². The number of nitrogens with one attached hydrogen (secondary N) is 1. The number of hydrogen-bond donors (Lipinski definition) is 1. The summed E-state index contributed by atoms with van der Waals surface area (Å²) in [5, 5.41) is 3.35. The van der Waals surface area contributed by atoms with Crippen LogP contribution in [0.15, 0.2) is 23.7 Å². The lowest BCUT2D eigenvalue weighted by atomic mass is 10.2. The van der Waals surface area contributed by atoms with E-state index in [1.165, 1.54) is 4.88 Å². The maximum absolute atomic E-state index is 5.31. The smallest absolute Gasteiger partial charge is 0.142 e. The van der Waals surface area contributed by atoms with E-state index in [1.54, 1.807) is 25.6 Å². The monoisotopic (exact) mass is 264 g/mol. The number of aryl methyl sites for hydroxylation is 1. The van der Waals surface area contributed by atoms with E-state index in [0.717, 1.165) is 29.4 Å². The van der Waals surface area contributed by atoms with Gasteiger partial charge in [-0.05, 0) is 19.1 Å². The quantitative estimate of drug-likeness (QED) is 0.901. The van der Waals surface area contributed by atoms with Crippen molar-refractivity contribution in [2.24, 2.45) is 0 Å². The van der Waals surface area contributed by atoms with Gasteiger partial charge in [0, 0.05) is 10.9 Å². The molecule has 0 bridgehead atoms. The molecule has 0 atom stereocenters. The fourth-order valence-corrected chi connectivity index (χ4v) is 2.34. The van der Waals surface area contributed by atoms with Gasteiger partial charge in [-0.3, -0.25) is 0 Å². The molecule has 1 aromatic carbocycles. The molecule has 0 saturated heterocycles. The van der Waals surface area contributed by atoms with Gasteiger partial charge in [0.2, 0.25) is 0 Å². The fourth-order valence-electron chi connectivity index (χ4n) is 1.62. The Morgan fingerprint density at radius 3 is 2.72 bits per heavy atom. The molecular formula is C13H16N2O2S. The van der Waals surface area contributed by atoms with Gasteiger partial charge in [0.25, 0.3) is 0 Å². The average molecular weight is 264 g/mol. The van der Waals surface area contributed by atoms with Crippen LogP contribution < -0.4 is 14.8 Å². The molecule has 0 aliphatic rings. The van der Waals surface area contributed by atoms with Gasteiger partial charge in [0.1, 0.15) is 11.5 Å². The second kappa shape index (κ2) is 5.73. The number of thiazole rings is 1. The average Bonchev–Trinajstić information content (AvgIpc) is 2.81. The van der Waals surface area contributed by atoms with E-state index in [2.05, 4.69) is 10.3 Å². The summed E-state index contributed by atoms with van der Waals surface area (Å²) in [6.45, 7) is 2.75. The molecule has 1 N–H and O–H groups in total. The summed E-state index contributed by atoms with van der Waals surface area (Å²) in [4.78, 5) is 5.45. The number of nitrogens with zero attached hydrogens (tertiary/aromatic N) is 1. The second-order valence-electron chi connectivity index (χ2n) is 3.78. The number of aromatic nitrogens is 1. The van der Waals surface area contributed by atoms with E-state index in [4.69, 9.17) is 9.47 Å². The van der Waals surface area contributed by atoms with Crippen molar-refractivity contribution in [3.8, 4) is 11.5 Å². The van der Waals surface area contributed by atoms with Crippen LogP contribution in [0.1, 0.15) is 10.6 Å². The van der Waals surface area contributed by atoms with Crippen molar-refractivity contribution in [3.63, 3.8) is 0 Å². The van der Waals surface area contributed by atoms with Crippen LogP contribution in [0.3, 0.4) is 0 Å². The van der Waals surface area contributed by atoms with Gasteiger partial charge in [0.05, 0.1) is 37.7 Å². The van der Waals surface area contributed by atoms with E-state index >= 15 is 0 Å². The number of methoxy groups -OCH3 is 2. The zero-order chi connectivity index (χ0) is 13.0. The number of anilines is 1. The van der Waals surface area contributed by atoms with Crippen LogP contribution in [0, 0.1) is 6.92 Å².